The normalized spacial score (nSPS) is 15.7. The monoisotopic (exact) mass is 702 g/mol. The van der Waals surface area contributed by atoms with E-state index in [1.807, 2.05) is 0 Å². The van der Waals surface area contributed by atoms with E-state index in [4.69, 9.17) is 0 Å². The van der Waals surface area contributed by atoms with Gasteiger partial charge in [-0.1, -0.05) is 159 Å². The lowest BCUT2D eigenvalue weighted by molar-refractivity contribution is 0.717. The summed E-state index contributed by atoms with van der Waals surface area (Å²) in [5.41, 5.74) is 18.7. The van der Waals surface area contributed by atoms with Gasteiger partial charge in [-0.2, -0.15) is 0 Å². The predicted octanol–water partition coefficient (Wildman–Crippen LogP) is 14.9. The van der Waals surface area contributed by atoms with Crippen LogP contribution >= 0.6 is 0 Å². The molecular weight excluding hydrogens is 661 g/mol. The highest BCUT2D eigenvalue weighted by molar-refractivity contribution is 6.23. The summed E-state index contributed by atoms with van der Waals surface area (Å²) < 4.78 is 0. The summed E-state index contributed by atoms with van der Waals surface area (Å²) in [7, 11) is 0. The molecule has 1 unspecified atom stereocenters. The fraction of sp³-hybridized carbons (Fsp3) is 0.127. The molecule has 0 N–H and O–H groups in total. The number of allylic oxidation sites excluding steroid dienone is 3. The minimum Gasteiger partial charge on any atom is -0.0836 e. The number of fused-ring (bicyclic) bond motifs is 6. The van der Waals surface area contributed by atoms with Gasteiger partial charge >= 0.3 is 0 Å². The van der Waals surface area contributed by atoms with Crippen molar-refractivity contribution in [2.45, 2.75) is 39.0 Å². The molecule has 0 nitrogen and oxygen atoms in total. The second-order valence-corrected chi connectivity index (χ2v) is 15.9. The molecule has 0 radical (unpaired) electrons. The molecule has 0 heterocycles. The van der Waals surface area contributed by atoms with E-state index in [1.54, 1.807) is 0 Å². The molecule has 0 heteroatoms. The quantitative estimate of drug-likeness (QED) is 0.160. The third kappa shape index (κ3) is 5.43. The third-order valence-electron chi connectivity index (χ3n) is 12.5. The molecule has 0 saturated heterocycles. The van der Waals surface area contributed by atoms with E-state index in [0.29, 0.717) is 5.92 Å². The van der Waals surface area contributed by atoms with Crippen LogP contribution in [0.2, 0.25) is 0 Å². The van der Waals surface area contributed by atoms with E-state index in [0.717, 1.165) is 32.1 Å². The standard InChI is InChI=1S/C55H42/c1-35-20-21-37-23-25-44(32-45(37)30-35)55-51-29-27-41(48-18-8-14-38-11-4-6-16-46(38)48)33-52(51)54(43-24-22-36-10-2-3-13-40(36)31-43)50-28-26-42(34-53(50)55)49-19-9-15-39-12-5-7-17-47(39)49/h2-3,6-10,13-29,31-35H,4-5,11-12,30H2,1H3. The molecule has 55 heavy (non-hydrogen) atoms. The highest BCUT2D eigenvalue weighted by atomic mass is 14.3. The summed E-state index contributed by atoms with van der Waals surface area (Å²) in [6.45, 7) is 2.33. The SMILES string of the molecule is CC1C=Cc2ccc(-c3c4ccc(-c5cccc6c5C=CCC6)cc4c(-c4ccc5ccccc5c4)c4ccc(-c5cccc6c5C=CCC6)cc34)cc2C1. The zero-order valence-electron chi connectivity index (χ0n) is 31.3. The number of rotatable bonds is 4. The first-order chi connectivity index (χ1) is 27.2. The van der Waals surface area contributed by atoms with Crippen molar-refractivity contribution >= 4 is 50.5 Å². The number of aryl methyl sites for hydroxylation is 2. The minimum atomic E-state index is 0.531. The largest absolute Gasteiger partial charge is 0.0836 e. The maximum atomic E-state index is 2.50. The lowest BCUT2D eigenvalue weighted by Crippen LogP contribution is -2.03. The van der Waals surface area contributed by atoms with Gasteiger partial charge in [0.15, 0.2) is 0 Å². The number of hydrogen-bond donors (Lipinski definition) is 0. The molecule has 0 aromatic heterocycles. The van der Waals surface area contributed by atoms with E-state index >= 15 is 0 Å². The van der Waals surface area contributed by atoms with Crippen LogP contribution in [0.4, 0.5) is 0 Å². The summed E-state index contributed by atoms with van der Waals surface area (Å²) in [6.07, 6.45) is 19.5. The molecule has 3 aliphatic rings. The molecule has 8 aromatic carbocycles. The van der Waals surface area contributed by atoms with E-state index < -0.39 is 0 Å². The third-order valence-corrected chi connectivity index (χ3v) is 12.5. The van der Waals surface area contributed by atoms with Gasteiger partial charge in [-0.3, -0.25) is 0 Å². The molecule has 8 aromatic rings. The first kappa shape index (κ1) is 32.2. The summed E-state index contributed by atoms with van der Waals surface area (Å²) in [5, 5.41) is 7.72. The average molecular weight is 703 g/mol. The molecule has 3 aliphatic carbocycles. The Hall–Kier alpha value is -6.24. The van der Waals surface area contributed by atoms with Crippen LogP contribution in [-0.4, -0.2) is 0 Å². The van der Waals surface area contributed by atoms with Crippen molar-refractivity contribution in [1.29, 1.82) is 0 Å². The fourth-order valence-corrected chi connectivity index (χ4v) is 9.75. The molecule has 11 rings (SSSR count). The Kier molecular flexibility index (Phi) is 7.59. The van der Waals surface area contributed by atoms with Gasteiger partial charge in [0.2, 0.25) is 0 Å². The molecule has 0 aliphatic heterocycles. The Morgan fingerprint density at radius 3 is 1.67 bits per heavy atom. The van der Waals surface area contributed by atoms with Crippen molar-refractivity contribution in [3.8, 4) is 44.5 Å². The minimum absolute atomic E-state index is 0.531. The number of benzene rings is 8. The highest BCUT2D eigenvalue weighted by Gasteiger charge is 2.22. The molecule has 0 saturated carbocycles. The van der Waals surface area contributed by atoms with Crippen LogP contribution in [0, 0.1) is 5.92 Å². The van der Waals surface area contributed by atoms with Crippen LogP contribution in [0.25, 0.3) is 95.1 Å². The predicted molar refractivity (Wildman–Crippen MR) is 237 cm³/mol. The topological polar surface area (TPSA) is 0 Å². The maximum absolute atomic E-state index is 2.50. The van der Waals surface area contributed by atoms with Gasteiger partial charge in [0.1, 0.15) is 0 Å². The molecule has 262 valence electrons. The van der Waals surface area contributed by atoms with Crippen molar-refractivity contribution < 1.29 is 0 Å². The van der Waals surface area contributed by atoms with Crippen LogP contribution in [0.3, 0.4) is 0 Å². The van der Waals surface area contributed by atoms with Gasteiger partial charge in [0.25, 0.3) is 0 Å². The van der Waals surface area contributed by atoms with Crippen LogP contribution in [0.1, 0.15) is 53.1 Å². The molecule has 0 spiro atoms. The first-order valence-electron chi connectivity index (χ1n) is 20.1. The van der Waals surface area contributed by atoms with Crippen molar-refractivity contribution in [1.82, 2.24) is 0 Å². The zero-order chi connectivity index (χ0) is 36.5. The molecule has 0 amide bonds. The first-order valence-corrected chi connectivity index (χ1v) is 20.1. The van der Waals surface area contributed by atoms with Gasteiger partial charge in [-0.15, -0.1) is 0 Å². The van der Waals surface area contributed by atoms with E-state index in [9.17, 15) is 0 Å². The molecule has 0 bridgehead atoms. The Bertz CT molecular complexity index is 2960. The second kappa shape index (κ2) is 13.0. The van der Waals surface area contributed by atoms with Crippen LogP contribution in [-0.2, 0) is 19.3 Å². The molecule has 0 fully saturated rings. The Morgan fingerprint density at radius 2 is 1.02 bits per heavy atom. The second-order valence-electron chi connectivity index (χ2n) is 15.9. The average Bonchev–Trinajstić information content (AvgIpc) is 3.24. The summed E-state index contributed by atoms with van der Waals surface area (Å²) in [4.78, 5) is 0. The van der Waals surface area contributed by atoms with E-state index in [-0.39, 0.29) is 0 Å². The van der Waals surface area contributed by atoms with Crippen molar-refractivity contribution in [3.63, 3.8) is 0 Å². The maximum Gasteiger partial charge on any atom is -0.00259 e. The van der Waals surface area contributed by atoms with Gasteiger partial charge in [-0.25, -0.2) is 0 Å². The van der Waals surface area contributed by atoms with Gasteiger partial charge in [0.05, 0.1) is 0 Å². The molecule has 1 atom stereocenters. The van der Waals surface area contributed by atoms with Gasteiger partial charge < -0.3 is 0 Å². The summed E-state index contributed by atoms with van der Waals surface area (Å²) in [6, 6.07) is 51.3. The van der Waals surface area contributed by atoms with Crippen LogP contribution in [0.15, 0.2) is 152 Å². The van der Waals surface area contributed by atoms with Crippen molar-refractivity contribution in [2.24, 2.45) is 5.92 Å². The molecular formula is C55H42. The lowest BCUT2D eigenvalue weighted by atomic mass is 9.81. The van der Waals surface area contributed by atoms with Crippen LogP contribution in [0.5, 0.6) is 0 Å². The van der Waals surface area contributed by atoms with E-state index in [2.05, 4.69) is 177 Å². The summed E-state index contributed by atoms with van der Waals surface area (Å²) in [5.74, 6) is 0.531. The Morgan fingerprint density at radius 1 is 0.436 bits per heavy atom. The summed E-state index contributed by atoms with van der Waals surface area (Å²) >= 11 is 0. The Balaban J connectivity index is 1.26. The fourth-order valence-electron chi connectivity index (χ4n) is 9.75. The zero-order valence-corrected chi connectivity index (χ0v) is 31.3. The van der Waals surface area contributed by atoms with Gasteiger partial charge in [0, 0.05) is 0 Å². The number of hydrogen-bond acceptors (Lipinski definition) is 0. The van der Waals surface area contributed by atoms with Crippen molar-refractivity contribution in [3.05, 3.63) is 185 Å². The Labute approximate surface area is 323 Å². The smallest absolute Gasteiger partial charge is 0.00259 e. The van der Waals surface area contributed by atoms with Crippen LogP contribution < -0.4 is 0 Å². The van der Waals surface area contributed by atoms with E-state index in [1.165, 1.54) is 110 Å². The highest BCUT2D eigenvalue weighted by Crippen LogP contribution is 2.48. The van der Waals surface area contributed by atoms with Gasteiger partial charge in [-0.05, 0) is 166 Å². The van der Waals surface area contributed by atoms with Crippen molar-refractivity contribution in [2.75, 3.05) is 0 Å². The lowest BCUT2D eigenvalue weighted by Gasteiger charge is -2.22.